The van der Waals surface area contributed by atoms with Crippen molar-refractivity contribution in [2.24, 2.45) is 0 Å². The van der Waals surface area contributed by atoms with E-state index < -0.39 is 0 Å². The fourth-order valence-electron chi connectivity index (χ4n) is 2.26. The third-order valence-corrected chi connectivity index (χ3v) is 4.59. The molecule has 26 heavy (non-hydrogen) atoms. The minimum Gasteiger partial charge on any atom is -0.326 e. The lowest BCUT2D eigenvalue weighted by molar-refractivity contribution is -0.115. The van der Waals surface area contributed by atoms with Gasteiger partial charge >= 0.3 is 0 Å². The van der Waals surface area contributed by atoms with Crippen molar-refractivity contribution in [1.29, 1.82) is 0 Å². The van der Waals surface area contributed by atoms with Gasteiger partial charge in [0.1, 0.15) is 15.7 Å². The maximum absolute atomic E-state index is 13.8. The number of halogens is 1. The molecule has 5 nitrogen and oxygen atoms in total. The standard InChI is InChI=1S/C19H16FN3O2S/c1-2-17(24)22-12-6-5-7-13(10-12)23-18(25)16-11-21-19(26-16)14-8-3-4-9-15(14)20/h3-11H,2H2,1H3,(H,22,24)(H,23,25). The van der Waals surface area contributed by atoms with Crippen molar-refractivity contribution < 1.29 is 14.0 Å². The van der Waals surface area contributed by atoms with Gasteiger partial charge in [-0.1, -0.05) is 25.1 Å². The number of nitrogens with one attached hydrogen (secondary N) is 2. The second-order valence-electron chi connectivity index (χ2n) is 5.45. The highest BCUT2D eigenvalue weighted by Crippen LogP contribution is 2.28. The summed E-state index contributed by atoms with van der Waals surface area (Å²) in [7, 11) is 0. The van der Waals surface area contributed by atoms with Crippen LogP contribution in [0.15, 0.2) is 54.7 Å². The SMILES string of the molecule is CCC(=O)Nc1cccc(NC(=O)c2cnc(-c3ccccc3F)s2)c1. The third-order valence-electron chi connectivity index (χ3n) is 3.56. The van der Waals surface area contributed by atoms with Crippen molar-refractivity contribution in [3.63, 3.8) is 0 Å². The number of hydrogen-bond donors (Lipinski definition) is 2. The van der Waals surface area contributed by atoms with E-state index in [1.165, 1.54) is 12.3 Å². The van der Waals surface area contributed by atoms with Gasteiger partial charge in [0, 0.05) is 23.4 Å². The second-order valence-corrected chi connectivity index (χ2v) is 6.48. The van der Waals surface area contributed by atoms with Gasteiger partial charge in [0.25, 0.3) is 5.91 Å². The van der Waals surface area contributed by atoms with Crippen LogP contribution >= 0.6 is 11.3 Å². The molecule has 0 bridgehead atoms. The molecule has 0 fully saturated rings. The Hall–Kier alpha value is -3.06. The minimum absolute atomic E-state index is 0.106. The lowest BCUT2D eigenvalue weighted by Gasteiger charge is -2.07. The molecule has 7 heteroatoms. The van der Waals surface area contributed by atoms with Crippen molar-refractivity contribution in [3.8, 4) is 10.6 Å². The number of nitrogens with zero attached hydrogens (tertiary/aromatic N) is 1. The Balaban J connectivity index is 1.74. The molecule has 132 valence electrons. The van der Waals surface area contributed by atoms with Crippen LogP contribution in [0.1, 0.15) is 23.0 Å². The lowest BCUT2D eigenvalue weighted by Crippen LogP contribution is -2.12. The molecule has 3 rings (SSSR count). The first-order valence-electron chi connectivity index (χ1n) is 7.99. The van der Waals surface area contributed by atoms with Gasteiger partial charge in [0.15, 0.2) is 0 Å². The van der Waals surface area contributed by atoms with Gasteiger partial charge in [0.05, 0.1) is 6.20 Å². The molecule has 0 radical (unpaired) electrons. The van der Waals surface area contributed by atoms with Crippen LogP contribution in [0.4, 0.5) is 15.8 Å². The highest BCUT2D eigenvalue weighted by atomic mass is 32.1. The predicted octanol–water partition coefficient (Wildman–Crippen LogP) is 4.55. The van der Waals surface area contributed by atoms with Crippen molar-refractivity contribution in [2.75, 3.05) is 10.6 Å². The lowest BCUT2D eigenvalue weighted by atomic mass is 10.2. The van der Waals surface area contributed by atoms with E-state index in [0.717, 1.165) is 11.3 Å². The van der Waals surface area contributed by atoms with Crippen LogP contribution in [0.25, 0.3) is 10.6 Å². The van der Waals surface area contributed by atoms with E-state index in [0.29, 0.717) is 33.2 Å². The summed E-state index contributed by atoms with van der Waals surface area (Å²) in [5.74, 6) is -0.831. The summed E-state index contributed by atoms with van der Waals surface area (Å²) in [5, 5.41) is 5.93. The molecule has 3 aromatic rings. The summed E-state index contributed by atoms with van der Waals surface area (Å²) >= 11 is 1.11. The maximum Gasteiger partial charge on any atom is 0.267 e. The van der Waals surface area contributed by atoms with Crippen LogP contribution in [0, 0.1) is 5.82 Å². The molecule has 0 atom stereocenters. The van der Waals surface area contributed by atoms with Crippen molar-refractivity contribution >= 4 is 34.5 Å². The number of thiazole rings is 1. The summed E-state index contributed by atoms with van der Waals surface area (Å²) < 4.78 is 13.8. The molecular weight excluding hydrogens is 353 g/mol. The van der Waals surface area contributed by atoms with Crippen LogP contribution < -0.4 is 10.6 Å². The number of benzene rings is 2. The van der Waals surface area contributed by atoms with Gasteiger partial charge in [-0.3, -0.25) is 9.59 Å². The number of anilines is 2. The fraction of sp³-hybridized carbons (Fsp3) is 0.105. The Bertz CT molecular complexity index is 955. The smallest absolute Gasteiger partial charge is 0.267 e. The van der Waals surface area contributed by atoms with Gasteiger partial charge < -0.3 is 10.6 Å². The molecule has 1 heterocycles. The van der Waals surface area contributed by atoms with Gasteiger partial charge in [-0.15, -0.1) is 11.3 Å². The zero-order valence-electron chi connectivity index (χ0n) is 14.0. The monoisotopic (exact) mass is 369 g/mol. The summed E-state index contributed by atoms with van der Waals surface area (Å²) in [4.78, 5) is 28.4. The Kier molecular flexibility index (Phi) is 5.38. The number of aromatic nitrogens is 1. The molecule has 0 aliphatic carbocycles. The number of carbonyl (C=O) groups is 2. The molecule has 0 saturated heterocycles. The first-order chi connectivity index (χ1) is 12.6. The van der Waals surface area contributed by atoms with E-state index in [1.807, 2.05) is 0 Å². The first-order valence-corrected chi connectivity index (χ1v) is 8.80. The molecule has 0 spiro atoms. The number of rotatable bonds is 5. The molecule has 2 aromatic carbocycles. The maximum atomic E-state index is 13.8. The van der Waals surface area contributed by atoms with Crippen LogP contribution in [-0.2, 0) is 4.79 Å². The molecule has 0 saturated carbocycles. The van der Waals surface area contributed by atoms with Gasteiger partial charge in [0.2, 0.25) is 5.91 Å². The van der Waals surface area contributed by atoms with Gasteiger partial charge in [-0.05, 0) is 30.3 Å². The van der Waals surface area contributed by atoms with Crippen molar-refractivity contribution in [2.45, 2.75) is 13.3 Å². The zero-order chi connectivity index (χ0) is 18.5. The van der Waals surface area contributed by atoms with Crippen LogP contribution in [0.3, 0.4) is 0 Å². The highest BCUT2D eigenvalue weighted by Gasteiger charge is 2.14. The van der Waals surface area contributed by atoms with Crippen LogP contribution in [0.2, 0.25) is 0 Å². The van der Waals surface area contributed by atoms with E-state index in [9.17, 15) is 14.0 Å². The van der Waals surface area contributed by atoms with Gasteiger partial charge in [-0.25, -0.2) is 9.37 Å². The average molecular weight is 369 g/mol. The van der Waals surface area contributed by atoms with E-state index >= 15 is 0 Å². The molecule has 2 amide bonds. The summed E-state index contributed by atoms with van der Waals surface area (Å²) in [6.07, 6.45) is 1.79. The van der Waals surface area contributed by atoms with E-state index in [4.69, 9.17) is 0 Å². The van der Waals surface area contributed by atoms with Crippen molar-refractivity contribution in [1.82, 2.24) is 4.98 Å². The van der Waals surface area contributed by atoms with E-state index in [2.05, 4.69) is 15.6 Å². The first kappa shape index (κ1) is 17.8. The zero-order valence-corrected chi connectivity index (χ0v) is 14.8. The molecule has 1 aromatic heterocycles. The molecular formula is C19H16FN3O2S. The quantitative estimate of drug-likeness (QED) is 0.693. The average Bonchev–Trinajstić information content (AvgIpc) is 3.12. The largest absolute Gasteiger partial charge is 0.326 e. The van der Waals surface area contributed by atoms with E-state index in [-0.39, 0.29) is 17.6 Å². The van der Waals surface area contributed by atoms with Crippen molar-refractivity contribution in [3.05, 3.63) is 65.4 Å². The van der Waals surface area contributed by atoms with Crippen LogP contribution in [0.5, 0.6) is 0 Å². The van der Waals surface area contributed by atoms with Crippen LogP contribution in [-0.4, -0.2) is 16.8 Å². The molecule has 0 aliphatic heterocycles. The summed E-state index contributed by atoms with van der Waals surface area (Å²) in [6, 6.07) is 13.2. The molecule has 0 aliphatic rings. The number of carbonyl (C=O) groups excluding carboxylic acids is 2. The highest BCUT2D eigenvalue weighted by molar-refractivity contribution is 7.17. The number of amides is 2. The summed E-state index contributed by atoms with van der Waals surface area (Å²) in [5.41, 5.74) is 1.51. The summed E-state index contributed by atoms with van der Waals surface area (Å²) in [6.45, 7) is 1.76. The Morgan fingerprint density at radius 1 is 1.08 bits per heavy atom. The fourth-order valence-corrected chi connectivity index (χ4v) is 3.09. The topological polar surface area (TPSA) is 71.1 Å². The Morgan fingerprint density at radius 3 is 2.54 bits per heavy atom. The second kappa shape index (κ2) is 7.88. The third kappa shape index (κ3) is 4.12. The van der Waals surface area contributed by atoms with E-state index in [1.54, 1.807) is 49.4 Å². The predicted molar refractivity (Wildman–Crippen MR) is 101 cm³/mol. The van der Waals surface area contributed by atoms with Gasteiger partial charge in [-0.2, -0.15) is 0 Å². The Labute approximate surface area is 153 Å². The molecule has 0 unspecified atom stereocenters. The number of hydrogen-bond acceptors (Lipinski definition) is 4. The normalized spacial score (nSPS) is 10.4. The molecule has 2 N–H and O–H groups in total. The minimum atomic E-state index is -0.381. The Morgan fingerprint density at radius 2 is 1.81 bits per heavy atom.